The van der Waals surface area contributed by atoms with Crippen LogP contribution in [-0.2, 0) is 14.9 Å². The third-order valence-electron chi connectivity index (χ3n) is 11.0. The second-order valence-corrected chi connectivity index (χ2v) is 14.1. The van der Waals surface area contributed by atoms with Crippen molar-refractivity contribution in [2.45, 2.75) is 97.2 Å². The standard InChI is InChI=1S/C26H45NO6S/c1-16(4-9-24(30)27-12-13-34(31,32)33)20-7-8-21-19-6-5-17-14-18(28)10-11-25(17,2)22(19)15-23(29)26(20,21)3/h16-23,28-29H,4-15H2,1-3H3,(H,27,30)(H,31,32,33)/t16-,17-,18-,19+,20-,21-,22-,23+,25+,26-/m1/s1. The van der Waals surface area contributed by atoms with E-state index in [1.54, 1.807) is 0 Å². The summed E-state index contributed by atoms with van der Waals surface area (Å²) in [7, 11) is -4.07. The normalized spacial score (nSPS) is 45.1. The molecule has 1 amide bonds. The molecule has 7 nitrogen and oxygen atoms in total. The van der Waals surface area contributed by atoms with E-state index < -0.39 is 15.9 Å². The van der Waals surface area contributed by atoms with E-state index in [0.717, 1.165) is 38.5 Å². The molecule has 0 aliphatic heterocycles. The number of nitrogens with one attached hydrogen (secondary N) is 1. The van der Waals surface area contributed by atoms with Crippen LogP contribution in [0.1, 0.15) is 85.0 Å². The first-order valence-corrected chi connectivity index (χ1v) is 15.0. The van der Waals surface area contributed by atoms with Crippen LogP contribution in [-0.4, -0.2) is 53.6 Å². The lowest BCUT2D eigenvalue weighted by atomic mass is 9.43. The zero-order chi connectivity index (χ0) is 24.9. The maximum Gasteiger partial charge on any atom is 0.266 e. The summed E-state index contributed by atoms with van der Waals surface area (Å²) in [5.74, 6) is 2.28. The minimum atomic E-state index is -4.07. The third kappa shape index (κ3) is 4.81. The van der Waals surface area contributed by atoms with E-state index in [2.05, 4.69) is 26.1 Å². The van der Waals surface area contributed by atoms with E-state index in [0.29, 0.717) is 48.3 Å². The van der Waals surface area contributed by atoms with Crippen molar-refractivity contribution in [1.82, 2.24) is 5.32 Å². The molecule has 4 aliphatic rings. The lowest BCUT2D eigenvalue weighted by Crippen LogP contribution is -2.58. The predicted molar refractivity (Wildman–Crippen MR) is 130 cm³/mol. The Labute approximate surface area is 205 Å². The van der Waals surface area contributed by atoms with Gasteiger partial charge < -0.3 is 15.5 Å². The van der Waals surface area contributed by atoms with E-state index >= 15 is 0 Å². The summed E-state index contributed by atoms with van der Waals surface area (Å²) in [5.41, 5.74) is 0.105. The first kappa shape index (κ1) is 26.4. The van der Waals surface area contributed by atoms with Crippen LogP contribution in [0.3, 0.4) is 0 Å². The van der Waals surface area contributed by atoms with Crippen LogP contribution >= 0.6 is 0 Å². The Bertz CT molecular complexity index is 863. The smallest absolute Gasteiger partial charge is 0.266 e. The van der Waals surface area contributed by atoms with E-state index in [9.17, 15) is 23.4 Å². The van der Waals surface area contributed by atoms with Crippen molar-refractivity contribution in [1.29, 1.82) is 0 Å². The van der Waals surface area contributed by atoms with Crippen molar-refractivity contribution in [2.75, 3.05) is 12.3 Å². The van der Waals surface area contributed by atoms with Gasteiger partial charge in [-0.25, -0.2) is 0 Å². The lowest BCUT2D eigenvalue weighted by Gasteiger charge is -2.62. The van der Waals surface area contributed by atoms with E-state index in [-0.39, 0.29) is 35.5 Å². The minimum absolute atomic E-state index is 0.0756. The maximum atomic E-state index is 12.2. The van der Waals surface area contributed by atoms with Crippen LogP contribution in [0.5, 0.6) is 0 Å². The fourth-order valence-electron chi connectivity index (χ4n) is 9.13. The molecule has 0 aromatic rings. The second-order valence-electron chi connectivity index (χ2n) is 12.5. The molecule has 196 valence electrons. The summed E-state index contributed by atoms with van der Waals surface area (Å²) in [5, 5.41) is 24.5. The van der Waals surface area contributed by atoms with Crippen LogP contribution in [0.4, 0.5) is 0 Å². The molecule has 0 heterocycles. The number of carbonyl (C=O) groups is 1. The molecule has 34 heavy (non-hydrogen) atoms. The molecular formula is C26H45NO6S. The van der Waals surface area contributed by atoms with E-state index in [4.69, 9.17) is 4.55 Å². The largest absolute Gasteiger partial charge is 0.393 e. The zero-order valence-electron chi connectivity index (χ0n) is 21.1. The lowest BCUT2D eigenvalue weighted by molar-refractivity contribution is -0.174. The Morgan fingerprint density at radius 1 is 1.06 bits per heavy atom. The summed E-state index contributed by atoms with van der Waals surface area (Å²) in [6, 6.07) is 0. The quantitative estimate of drug-likeness (QED) is 0.398. The van der Waals surface area contributed by atoms with Crippen LogP contribution in [0.2, 0.25) is 0 Å². The molecule has 0 bridgehead atoms. The number of fused-ring (bicyclic) bond motifs is 5. The molecule has 0 unspecified atom stereocenters. The highest BCUT2D eigenvalue weighted by Gasteiger charge is 2.63. The Morgan fingerprint density at radius 2 is 1.79 bits per heavy atom. The number of aliphatic hydroxyl groups is 2. The summed E-state index contributed by atoms with van der Waals surface area (Å²) >= 11 is 0. The zero-order valence-corrected chi connectivity index (χ0v) is 21.9. The topological polar surface area (TPSA) is 124 Å². The maximum absolute atomic E-state index is 12.2. The van der Waals surface area contributed by atoms with E-state index in [1.165, 1.54) is 12.8 Å². The highest BCUT2D eigenvalue weighted by Crippen LogP contribution is 2.68. The van der Waals surface area contributed by atoms with Gasteiger partial charge in [-0.05, 0) is 104 Å². The van der Waals surface area contributed by atoms with Crippen LogP contribution in [0.15, 0.2) is 0 Å². The van der Waals surface area contributed by atoms with Gasteiger partial charge in [0.05, 0.1) is 18.0 Å². The molecule has 10 atom stereocenters. The molecule has 4 rings (SSSR count). The number of hydrogen-bond acceptors (Lipinski definition) is 5. The molecule has 0 radical (unpaired) electrons. The molecular weight excluding hydrogens is 454 g/mol. The van der Waals surface area contributed by atoms with Crippen LogP contribution in [0.25, 0.3) is 0 Å². The van der Waals surface area contributed by atoms with Crippen LogP contribution in [0, 0.1) is 46.3 Å². The summed E-state index contributed by atoms with van der Waals surface area (Å²) < 4.78 is 30.5. The minimum Gasteiger partial charge on any atom is -0.393 e. The SMILES string of the molecule is C[C@H](CCC(=O)NCCS(=O)(=O)O)[C@H]1CC[C@@H]2[C@@H]3CC[C@@H]4C[C@H](O)CC[C@]4(C)[C@@H]3C[C@H](O)[C@@]21C. The predicted octanol–water partition coefficient (Wildman–Crippen LogP) is 3.40. The van der Waals surface area contributed by atoms with Crippen molar-refractivity contribution >= 4 is 16.0 Å². The molecule has 0 saturated heterocycles. The monoisotopic (exact) mass is 499 g/mol. The summed E-state index contributed by atoms with van der Waals surface area (Å²) in [4.78, 5) is 12.2. The molecule has 8 heteroatoms. The number of hydrogen-bond donors (Lipinski definition) is 4. The number of carbonyl (C=O) groups excluding carboxylic acids is 1. The van der Waals surface area contributed by atoms with Gasteiger partial charge in [0.2, 0.25) is 5.91 Å². The Balaban J connectivity index is 1.40. The Hall–Kier alpha value is -0.700. The average Bonchev–Trinajstić information content (AvgIpc) is 3.11. The Morgan fingerprint density at radius 3 is 2.50 bits per heavy atom. The van der Waals surface area contributed by atoms with Crippen molar-refractivity contribution in [3.05, 3.63) is 0 Å². The van der Waals surface area contributed by atoms with Gasteiger partial charge in [-0.2, -0.15) is 8.42 Å². The van der Waals surface area contributed by atoms with Crippen molar-refractivity contribution in [3.8, 4) is 0 Å². The first-order valence-electron chi connectivity index (χ1n) is 13.4. The fourth-order valence-corrected chi connectivity index (χ4v) is 9.49. The molecule has 0 aromatic heterocycles. The molecule has 4 saturated carbocycles. The van der Waals surface area contributed by atoms with Gasteiger partial charge in [-0.3, -0.25) is 9.35 Å². The molecule has 0 spiro atoms. The average molecular weight is 500 g/mol. The van der Waals surface area contributed by atoms with Gasteiger partial charge in [0.15, 0.2) is 0 Å². The van der Waals surface area contributed by atoms with Gasteiger partial charge in [-0.15, -0.1) is 0 Å². The highest BCUT2D eigenvalue weighted by atomic mass is 32.2. The van der Waals surface area contributed by atoms with Crippen molar-refractivity contribution in [3.63, 3.8) is 0 Å². The molecule has 4 N–H and O–H groups in total. The fraction of sp³-hybridized carbons (Fsp3) is 0.962. The summed E-state index contributed by atoms with van der Waals surface area (Å²) in [6.07, 6.45) is 8.93. The number of rotatable bonds is 7. The van der Waals surface area contributed by atoms with Gasteiger partial charge in [0, 0.05) is 13.0 Å². The number of aliphatic hydroxyl groups excluding tert-OH is 2. The van der Waals surface area contributed by atoms with Gasteiger partial charge in [-0.1, -0.05) is 20.8 Å². The van der Waals surface area contributed by atoms with Gasteiger partial charge >= 0.3 is 0 Å². The van der Waals surface area contributed by atoms with Crippen molar-refractivity contribution in [2.24, 2.45) is 46.3 Å². The Kier molecular flexibility index (Phi) is 7.47. The third-order valence-corrected chi connectivity index (χ3v) is 11.7. The van der Waals surface area contributed by atoms with E-state index in [1.807, 2.05) is 0 Å². The summed E-state index contributed by atoms with van der Waals surface area (Å²) in [6.45, 7) is 6.86. The highest BCUT2D eigenvalue weighted by molar-refractivity contribution is 7.85. The molecule has 4 fully saturated rings. The molecule has 0 aromatic carbocycles. The van der Waals surface area contributed by atoms with Gasteiger partial charge in [0.1, 0.15) is 0 Å². The molecule has 4 aliphatic carbocycles. The van der Waals surface area contributed by atoms with Gasteiger partial charge in [0.25, 0.3) is 10.1 Å². The van der Waals surface area contributed by atoms with Crippen molar-refractivity contribution < 1.29 is 28.0 Å². The number of amides is 1. The second kappa shape index (κ2) is 9.64. The van der Waals surface area contributed by atoms with Crippen LogP contribution < -0.4 is 5.32 Å². The first-order chi connectivity index (χ1) is 15.9.